The van der Waals surface area contributed by atoms with Gasteiger partial charge in [-0.1, -0.05) is 0 Å². The van der Waals surface area contributed by atoms with Crippen molar-refractivity contribution in [1.82, 2.24) is 4.90 Å². The summed E-state index contributed by atoms with van der Waals surface area (Å²) in [7, 11) is 4.62. The number of piperidine rings is 1. The first kappa shape index (κ1) is 10.9. The van der Waals surface area contributed by atoms with Crippen molar-refractivity contribution in [3.05, 3.63) is 0 Å². The number of carbonyl (C=O) groups excluding carboxylic acids is 1. The molecule has 2 saturated heterocycles. The molecule has 0 aliphatic carbocycles. The van der Waals surface area contributed by atoms with Crippen molar-refractivity contribution in [2.45, 2.75) is 38.1 Å². The lowest BCUT2D eigenvalue weighted by atomic mass is 10.00. The zero-order valence-electron chi connectivity index (χ0n) is 10.0. The molecule has 0 spiro atoms. The first-order valence-electron chi connectivity index (χ1n) is 6.20. The van der Waals surface area contributed by atoms with Crippen LogP contribution in [0.15, 0.2) is 0 Å². The summed E-state index contributed by atoms with van der Waals surface area (Å²) in [5, 5.41) is 0. The number of hydrogen-bond acceptors (Lipinski definition) is 1. The molecule has 3 nitrogen and oxygen atoms in total. The van der Waals surface area contributed by atoms with Gasteiger partial charge in [0.2, 0.25) is 5.91 Å². The van der Waals surface area contributed by atoms with Gasteiger partial charge in [-0.25, -0.2) is 0 Å². The van der Waals surface area contributed by atoms with E-state index in [0.29, 0.717) is 11.9 Å². The molecule has 0 N–H and O–H groups in total. The molecule has 0 bridgehead atoms. The highest BCUT2D eigenvalue weighted by atomic mass is 16.2. The zero-order valence-corrected chi connectivity index (χ0v) is 10.0. The van der Waals surface area contributed by atoms with Gasteiger partial charge in [-0.2, -0.15) is 0 Å². The number of hydrogen-bond donors (Lipinski definition) is 0. The molecule has 2 aliphatic heterocycles. The molecular formula is C12H23N2O+. The van der Waals surface area contributed by atoms with Crippen LogP contribution in [0.5, 0.6) is 0 Å². The van der Waals surface area contributed by atoms with Gasteiger partial charge in [0.15, 0.2) is 0 Å². The molecule has 0 aromatic rings. The lowest BCUT2D eigenvalue weighted by Gasteiger charge is -2.43. The van der Waals surface area contributed by atoms with E-state index in [9.17, 15) is 4.79 Å². The van der Waals surface area contributed by atoms with E-state index in [2.05, 4.69) is 19.0 Å². The Morgan fingerprint density at radius 3 is 2.73 bits per heavy atom. The van der Waals surface area contributed by atoms with Crippen molar-refractivity contribution in [3.8, 4) is 0 Å². The van der Waals surface area contributed by atoms with Crippen molar-refractivity contribution in [2.24, 2.45) is 0 Å². The first-order chi connectivity index (χ1) is 7.09. The van der Waals surface area contributed by atoms with Gasteiger partial charge < -0.3 is 9.38 Å². The molecule has 0 aromatic heterocycles. The maximum atomic E-state index is 11.6. The minimum Gasteiger partial charge on any atom is -0.337 e. The number of amides is 1. The van der Waals surface area contributed by atoms with Gasteiger partial charge in [0.05, 0.1) is 27.2 Å². The average Bonchev–Trinajstić information content (AvgIpc) is 2.56. The molecule has 2 fully saturated rings. The monoisotopic (exact) mass is 211 g/mol. The van der Waals surface area contributed by atoms with Crippen LogP contribution < -0.4 is 0 Å². The molecule has 2 heterocycles. The highest BCUT2D eigenvalue weighted by Gasteiger charge is 2.34. The second-order valence-electron chi connectivity index (χ2n) is 5.60. The summed E-state index contributed by atoms with van der Waals surface area (Å²) in [5.74, 6) is 0.376. The Morgan fingerprint density at radius 2 is 2.13 bits per heavy atom. The fourth-order valence-corrected chi connectivity index (χ4v) is 2.90. The molecule has 86 valence electrons. The Bertz CT molecular complexity index is 250. The molecule has 15 heavy (non-hydrogen) atoms. The van der Waals surface area contributed by atoms with Gasteiger partial charge in [-0.3, -0.25) is 4.79 Å². The zero-order chi connectivity index (χ0) is 10.9. The van der Waals surface area contributed by atoms with Gasteiger partial charge in [-0.15, -0.1) is 0 Å². The lowest BCUT2D eigenvalue weighted by molar-refractivity contribution is -0.919. The molecular weight excluding hydrogens is 188 g/mol. The standard InChI is InChI=1S/C12H23N2O/c1-14(2)9-4-3-6-11(14)10-13-8-5-7-12(13)15/h11H,3-10H2,1-2H3/q+1/t11-/m0/s1. The smallest absolute Gasteiger partial charge is 0.222 e. The lowest BCUT2D eigenvalue weighted by Crippen LogP contribution is -2.56. The summed E-state index contributed by atoms with van der Waals surface area (Å²) in [6.45, 7) is 3.26. The first-order valence-corrected chi connectivity index (χ1v) is 6.20. The van der Waals surface area contributed by atoms with Crippen LogP contribution in [0.2, 0.25) is 0 Å². The van der Waals surface area contributed by atoms with Crippen LogP contribution in [0.25, 0.3) is 0 Å². The molecule has 0 radical (unpaired) electrons. The van der Waals surface area contributed by atoms with E-state index >= 15 is 0 Å². The number of carbonyl (C=O) groups is 1. The van der Waals surface area contributed by atoms with Crippen LogP contribution in [0.4, 0.5) is 0 Å². The summed E-state index contributed by atoms with van der Waals surface area (Å²) < 4.78 is 1.10. The molecule has 2 aliphatic rings. The van der Waals surface area contributed by atoms with Gasteiger partial charge >= 0.3 is 0 Å². The van der Waals surface area contributed by atoms with E-state index in [1.807, 2.05) is 0 Å². The molecule has 2 rings (SSSR count). The topological polar surface area (TPSA) is 20.3 Å². The second-order valence-corrected chi connectivity index (χ2v) is 5.60. The largest absolute Gasteiger partial charge is 0.337 e. The summed E-state index contributed by atoms with van der Waals surface area (Å²) in [4.78, 5) is 13.7. The summed E-state index contributed by atoms with van der Waals surface area (Å²) >= 11 is 0. The average molecular weight is 211 g/mol. The Kier molecular flexibility index (Phi) is 3.01. The Morgan fingerprint density at radius 1 is 1.33 bits per heavy atom. The third-order valence-electron chi connectivity index (χ3n) is 4.11. The maximum Gasteiger partial charge on any atom is 0.222 e. The molecule has 1 amide bonds. The Labute approximate surface area is 92.6 Å². The van der Waals surface area contributed by atoms with Gasteiger partial charge in [0.1, 0.15) is 6.04 Å². The summed E-state index contributed by atoms with van der Waals surface area (Å²) in [6, 6.07) is 0.667. The fraction of sp³-hybridized carbons (Fsp3) is 0.917. The SMILES string of the molecule is C[N+]1(C)CCCC[C@H]1CN1CCCC1=O. The number of quaternary nitrogens is 1. The van der Waals surface area contributed by atoms with Gasteiger partial charge in [0, 0.05) is 19.4 Å². The predicted molar refractivity (Wildman–Crippen MR) is 60.4 cm³/mol. The van der Waals surface area contributed by atoms with E-state index in [1.165, 1.54) is 25.8 Å². The van der Waals surface area contributed by atoms with Crippen LogP contribution in [0.3, 0.4) is 0 Å². The Hall–Kier alpha value is -0.570. The van der Waals surface area contributed by atoms with Gasteiger partial charge in [-0.05, 0) is 19.3 Å². The van der Waals surface area contributed by atoms with E-state index in [0.717, 1.165) is 30.4 Å². The van der Waals surface area contributed by atoms with Crippen LogP contribution in [-0.4, -0.2) is 55.1 Å². The molecule has 0 saturated carbocycles. The van der Waals surface area contributed by atoms with Crippen LogP contribution in [0.1, 0.15) is 32.1 Å². The number of likely N-dealkylation sites (tertiary alicyclic amines) is 2. The Balaban J connectivity index is 1.94. The molecule has 3 heteroatoms. The molecule has 0 aromatic carbocycles. The van der Waals surface area contributed by atoms with Crippen molar-refractivity contribution in [1.29, 1.82) is 0 Å². The summed E-state index contributed by atoms with van der Waals surface area (Å²) in [5.41, 5.74) is 0. The van der Waals surface area contributed by atoms with E-state index in [-0.39, 0.29) is 0 Å². The normalized spacial score (nSPS) is 30.9. The minimum atomic E-state index is 0.376. The fourth-order valence-electron chi connectivity index (χ4n) is 2.90. The van der Waals surface area contributed by atoms with Crippen molar-refractivity contribution in [3.63, 3.8) is 0 Å². The highest BCUT2D eigenvalue weighted by Crippen LogP contribution is 2.23. The van der Waals surface area contributed by atoms with Crippen LogP contribution in [-0.2, 0) is 4.79 Å². The van der Waals surface area contributed by atoms with Crippen molar-refractivity contribution < 1.29 is 9.28 Å². The predicted octanol–water partition coefficient (Wildman–Crippen LogP) is 1.24. The van der Waals surface area contributed by atoms with E-state index in [4.69, 9.17) is 0 Å². The van der Waals surface area contributed by atoms with Gasteiger partial charge in [0.25, 0.3) is 0 Å². The number of likely N-dealkylation sites (N-methyl/N-ethyl adjacent to an activating group) is 1. The molecule has 0 unspecified atom stereocenters. The van der Waals surface area contributed by atoms with Crippen LogP contribution in [0, 0.1) is 0 Å². The minimum absolute atomic E-state index is 0.376. The number of rotatable bonds is 2. The third-order valence-corrected chi connectivity index (χ3v) is 4.11. The maximum absolute atomic E-state index is 11.6. The van der Waals surface area contributed by atoms with E-state index in [1.54, 1.807) is 0 Å². The third kappa shape index (κ3) is 2.33. The van der Waals surface area contributed by atoms with Crippen molar-refractivity contribution in [2.75, 3.05) is 33.7 Å². The quantitative estimate of drug-likeness (QED) is 0.629. The van der Waals surface area contributed by atoms with Crippen molar-refractivity contribution >= 4 is 5.91 Å². The number of nitrogens with zero attached hydrogens (tertiary/aromatic N) is 2. The molecule has 1 atom stereocenters. The second kappa shape index (κ2) is 4.12. The van der Waals surface area contributed by atoms with Crippen LogP contribution >= 0.6 is 0 Å². The van der Waals surface area contributed by atoms with E-state index < -0.39 is 0 Å². The highest BCUT2D eigenvalue weighted by molar-refractivity contribution is 5.78. The summed E-state index contributed by atoms with van der Waals surface area (Å²) in [6.07, 6.45) is 5.82.